The molecule has 0 aromatic carbocycles. The van der Waals surface area contributed by atoms with Crippen LogP contribution < -0.4 is 0 Å². The number of nitrogens with zero attached hydrogens (tertiary/aromatic N) is 1. The van der Waals surface area contributed by atoms with Crippen molar-refractivity contribution in [3.63, 3.8) is 0 Å². The van der Waals surface area contributed by atoms with Crippen LogP contribution >= 0.6 is 0 Å². The summed E-state index contributed by atoms with van der Waals surface area (Å²) in [5.41, 5.74) is 0. The Bertz CT molecular complexity index is 227. The van der Waals surface area contributed by atoms with E-state index in [1.165, 1.54) is 0 Å². The van der Waals surface area contributed by atoms with Crippen LogP contribution in [-0.4, -0.2) is 34.5 Å². The SMILES string of the molecule is CC(C(=O)O)C(C)N1CCCC1=O. The van der Waals surface area contributed by atoms with Crippen LogP contribution in [0.4, 0.5) is 0 Å². The molecule has 13 heavy (non-hydrogen) atoms. The van der Waals surface area contributed by atoms with E-state index < -0.39 is 11.9 Å². The van der Waals surface area contributed by atoms with Crippen LogP contribution in [0, 0.1) is 5.92 Å². The maximum Gasteiger partial charge on any atom is 0.308 e. The summed E-state index contributed by atoms with van der Waals surface area (Å²) in [6, 6.07) is -0.188. The topological polar surface area (TPSA) is 57.6 Å². The molecule has 74 valence electrons. The lowest BCUT2D eigenvalue weighted by Gasteiger charge is -2.27. The maximum absolute atomic E-state index is 11.3. The van der Waals surface area contributed by atoms with Gasteiger partial charge in [-0.25, -0.2) is 0 Å². The lowest BCUT2D eigenvalue weighted by atomic mass is 10.0. The summed E-state index contributed by atoms with van der Waals surface area (Å²) in [5.74, 6) is -1.24. The average Bonchev–Trinajstić information content (AvgIpc) is 2.48. The van der Waals surface area contributed by atoms with Gasteiger partial charge >= 0.3 is 5.97 Å². The molecule has 0 radical (unpaired) electrons. The van der Waals surface area contributed by atoms with Crippen molar-refractivity contribution in [3.05, 3.63) is 0 Å². The zero-order valence-electron chi connectivity index (χ0n) is 7.99. The highest BCUT2D eigenvalue weighted by molar-refractivity contribution is 5.79. The fourth-order valence-electron chi connectivity index (χ4n) is 1.58. The lowest BCUT2D eigenvalue weighted by molar-refractivity contribution is -0.144. The van der Waals surface area contributed by atoms with E-state index in [4.69, 9.17) is 5.11 Å². The monoisotopic (exact) mass is 185 g/mol. The van der Waals surface area contributed by atoms with Gasteiger partial charge in [0.15, 0.2) is 0 Å². The molecule has 4 heteroatoms. The van der Waals surface area contributed by atoms with Crippen molar-refractivity contribution in [1.82, 2.24) is 4.90 Å². The molecule has 0 bridgehead atoms. The van der Waals surface area contributed by atoms with Gasteiger partial charge in [-0.15, -0.1) is 0 Å². The van der Waals surface area contributed by atoms with Gasteiger partial charge in [-0.2, -0.15) is 0 Å². The molecule has 2 atom stereocenters. The fourth-order valence-corrected chi connectivity index (χ4v) is 1.58. The van der Waals surface area contributed by atoms with Crippen molar-refractivity contribution in [2.75, 3.05) is 6.54 Å². The highest BCUT2D eigenvalue weighted by Gasteiger charge is 2.31. The second-order valence-electron chi connectivity index (χ2n) is 3.56. The molecule has 1 aliphatic rings. The summed E-state index contributed by atoms with van der Waals surface area (Å²) in [7, 11) is 0. The second kappa shape index (κ2) is 3.77. The molecule has 2 unspecified atom stereocenters. The van der Waals surface area contributed by atoms with Gasteiger partial charge in [0.25, 0.3) is 0 Å². The van der Waals surface area contributed by atoms with E-state index in [1.807, 2.05) is 0 Å². The van der Waals surface area contributed by atoms with Gasteiger partial charge in [-0.1, -0.05) is 0 Å². The third-order valence-electron chi connectivity index (χ3n) is 2.71. The van der Waals surface area contributed by atoms with E-state index in [1.54, 1.807) is 18.7 Å². The first kappa shape index (κ1) is 10.0. The fraction of sp³-hybridized carbons (Fsp3) is 0.778. The van der Waals surface area contributed by atoms with E-state index in [9.17, 15) is 9.59 Å². The second-order valence-corrected chi connectivity index (χ2v) is 3.56. The molecule has 0 aromatic heterocycles. The van der Waals surface area contributed by atoms with Crippen molar-refractivity contribution in [2.24, 2.45) is 5.92 Å². The van der Waals surface area contributed by atoms with Crippen LogP contribution in [-0.2, 0) is 9.59 Å². The number of hydrogen-bond acceptors (Lipinski definition) is 2. The molecule has 1 saturated heterocycles. The van der Waals surface area contributed by atoms with Gasteiger partial charge < -0.3 is 10.0 Å². The standard InChI is InChI=1S/C9H15NO3/c1-6(9(12)13)7(2)10-5-3-4-8(10)11/h6-7H,3-5H2,1-2H3,(H,12,13). The average molecular weight is 185 g/mol. The summed E-state index contributed by atoms with van der Waals surface area (Å²) in [6.07, 6.45) is 1.42. The van der Waals surface area contributed by atoms with Crippen LogP contribution in [0.15, 0.2) is 0 Å². The lowest BCUT2D eigenvalue weighted by Crippen LogP contribution is -2.41. The number of carbonyl (C=O) groups excluding carboxylic acids is 1. The van der Waals surface area contributed by atoms with Crippen LogP contribution in [0.1, 0.15) is 26.7 Å². The summed E-state index contributed by atoms with van der Waals surface area (Å²) < 4.78 is 0. The van der Waals surface area contributed by atoms with Crippen molar-refractivity contribution in [3.8, 4) is 0 Å². The van der Waals surface area contributed by atoms with E-state index in [0.29, 0.717) is 13.0 Å². The van der Waals surface area contributed by atoms with Gasteiger partial charge in [0.2, 0.25) is 5.91 Å². The molecule has 1 heterocycles. The number of rotatable bonds is 3. The minimum atomic E-state index is -0.841. The molecule has 1 amide bonds. The molecule has 1 aliphatic heterocycles. The Kier molecular flexibility index (Phi) is 2.90. The molecule has 1 rings (SSSR count). The Morgan fingerprint density at radius 2 is 2.15 bits per heavy atom. The Hall–Kier alpha value is -1.06. The molecule has 0 aliphatic carbocycles. The molecular weight excluding hydrogens is 170 g/mol. The summed E-state index contributed by atoms with van der Waals surface area (Å²) in [6.45, 7) is 4.14. The Morgan fingerprint density at radius 3 is 2.54 bits per heavy atom. The molecule has 0 aromatic rings. The first-order valence-electron chi connectivity index (χ1n) is 4.56. The largest absolute Gasteiger partial charge is 0.481 e. The number of carboxylic acid groups (broad SMARTS) is 1. The molecular formula is C9H15NO3. The van der Waals surface area contributed by atoms with Gasteiger partial charge in [0.1, 0.15) is 0 Å². The van der Waals surface area contributed by atoms with Gasteiger partial charge in [0.05, 0.1) is 5.92 Å². The smallest absolute Gasteiger partial charge is 0.308 e. The molecule has 0 spiro atoms. The van der Waals surface area contributed by atoms with Gasteiger partial charge in [-0.05, 0) is 20.3 Å². The zero-order valence-corrected chi connectivity index (χ0v) is 7.99. The normalized spacial score (nSPS) is 21.7. The third-order valence-corrected chi connectivity index (χ3v) is 2.71. The Balaban J connectivity index is 2.60. The summed E-state index contributed by atoms with van der Waals surface area (Å²) >= 11 is 0. The first-order valence-corrected chi connectivity index (χ1v) is 4.56. The van der Waals surface area contributed by atoms with Crippen LogP contribution in [0.5, 0.6) is 0 Å². The minimum absolute atomic E-state index is 0.0839. The zero-order chi connectivity index (χ0) is 10.0. The number of likely N-dealkylation sites (tertiary alicyclic amines) is 1. The van der Waals surface area contributed by atoms with Gasteiger partial charge in [-0.3, -0.25) is 9.59 Å². The highest BCUT2D eigenvalue weighted by atomic mass is 16.4. The Labute approximate surface area is 77.5 Å². The van der Waals surface area contributed by atoms with E-state index in [2.05, 4.69) is 0 Å². The van der Waals surface area contributed by atoms with E-state index in [0.717, 1.165) is 6.42 Å². The van der Waals surface area contributed by atoms with Crippen LogP contribution in [0.25, 0.3) is 0 Å². The van der Waals surface area contributed by atoms with Crippen molar-refractivity contribution < 1.29 is 14.7 Å². The Morgan fingerprint density at radius 1 is 1.54 bits per heavy atom. The highest BCUT2D eigenvalue weighted by Crippen LogP contribution is 2.18. The predicted octanol–water partition coefficient (Wildman–Crippen LogP) is 0.718. The molecule has 1 fully saturated rings. The summed E-state index contributed by atoms with van der Waals surface area (Å²) in [4.78, 5) is 23.6. The summed E-state index contributed by atoms with van der Waals surface area (Å²) in [5, 5.41) is 8.76. The molecule has 4 nitrogen and oxygen atoms in total. The third kappa shape index (κ3) is 1.99. The van der Waals surface area contributed by atoms with Crippen LogP contribution in [0.3, 0.4) is 0 Å². The van der Waals surface area contributed by atoms with E-state index >= 15 is 0 Å². The van der Waals surface area contributed by atoms with E-state index in [-0.39, 0.29) is 11.9 Å². The molecule has 0 saturated carbocycles. The van der Waals surface area contributed by atoms with Crippen LogP contribution in [0.2, 0.25) is 0 Å². The number of carboxylic acids is 1. The number of carbonyl (C=O) groups is 2. The number of amides is 1. The van der Waals surface area contributed by atoms with Crippen molar-refractivity contribution in [1.29, 1.82) is 0 Å². The predicted molar refractivity (Wildman–Crippen MR) is 47.2 cm³/mol. The van der Waals surface area contributed by atoms with Gasteiger partial charge in [0, 0.05) is 19.0 Å². The molecule has 1 N–H and O–H groups in total. The number of aliphatic carboxylic acids is 1. The first-order chi connectivity index (χ1) is 6.04. The number of hydrogen-bond donors (Lipinski definition) is 1. The maximum atomic E-state index is 11.3. The van der Waals surface area contributed by atoms with Crippen molar-refractivity contribution >= 4 is 11.9 Å². The quantitative estimate of drug-likeness (QED) is 0.704. The minimum Gasteiger partial charge on any atom is -0.481 e. The van der Waals surface area contributed by atoms with Crippen molar-refractivity contribution in [2.45, 2.75) is 32.7 Å².